The molecule has 0 saturated carbocycles. The van der Waals surface area contributed by atoms with Crippen molar-refractivity contribution in [3.63, 3.8) is 0 Å². The van der Waals surface area contributed by atoms with Crippen LogP contribution in [0.2, 0.25) is 5.02 Å². The number of nitrogens with one attached hydrogen (secondary N) is 1. The predicted molar refractivity (Wildman–Crippen MR) is 68.0 cm³/mol. The summed E-state index contributed by atoms with van der Waals surface area (Å²) in [7, 11) is 0. The average molecular weight is 269 g/mol. The van der Waals surface area contributed by atoms with Gasteiger partial charge in [-0.1, -0.05) is 11.6 Å². The number of amides is 1. The molecule has 1 saturated heterocycles. The molecule has 2 rings (SSSR count). The Hall–Kier alpha value is -1.59. The van der Waals surface area contributed by atoms with Crippen LogP contribution in [0.15, 0.2) is 18.2 Å². The van der Waals surface area contributed by atoms with Crippen LogP contribution in [-0.2, 0) is 9.59 Å². The van der Waals surface area contributed by atoms with Gasteiger partial charge in [0.15, 0.2) is 0 Å². The maximum Gasteiger partial charge on any atom is 0.328 e. The lowest BCUT2D eigenvalue weighted by molar-refractivity contribution is -0.140. The second kappa shape index (κ2) is 4.96. The predicted octanol–water partition coefficient (Wildman–Crippen LogP) is 1.04. The molecule has 0 spiro atoms. The number of carbonyl (C=O) groups excluding carboxylic acids is 1. The molecule has 5 nitrogen and oxygen atoms in total. The van der Waals surface area contributed by atoms with Crippen LogP contribution in [0.4, 0.5) is 5.69 Å². The molecule has 2 N–H and O–H groups in total. The third-order valence-corrected chi connectivity index (χ3v) is 3.13. The first kappa shape index (κ1) is 12.9. The van der Waals surface area contributed by atoms with Crippen molar-refractivity contribution in [2.45, 2.75) is 13.0 Å². The molecule has 6 heteroatoms. The molecule has 1 aromatic carbocycles. The quantitative estimate of drug-likeness (QED) is 0.841. The summed E-state index contributed by atoms with van der Waals surface area (Å²) in [6, 6.07) is 4.16. The van der Waals surface area contributed by atoms with Crippen LogP contribution < -0.4 is 10.2 Å². The smallest absolute Gasteiger partial charge is 0.328 e. The Labute approximate surface area is 109 Å². The van der Waals surface area contributed by atoms with Crippen molar-refractivity contribution in [3.8, 4) is 0 Å². The second-order valence-electron chi connectivity index (χ2n) is 4.18. The molecule has 1 aromatic rings. The third-order valence-electron chi connectivity index (χ3n) is 2.90. The van der Waals surface area contributed by atoms with Crippen molar-refractivity contribution in [2.75, 3.05) is 18.0 Å². The number of anilines is 1. The lowest BCUT2D eigenvalue weighted by atomic mass is 10.1. The highest BCUT2D eigenvalue weighted by atomic mass is 35.5. The van der Waals surface area contributed by atoms with E-state index in [2.05, 4.69) is 5.32 Å². The molecular weight excluding hydrogens is 256 g/mol. The maximum absolute atomic E-state index is 11.9. The summed E-state index contributed by atoms with van der Waals surface area (Å²) in [5, 5.41) is 12.5. The van der Waals surface area contributed by atoms with Crippen LogP contribution in [0.5, 0.6) is 0 Å². The number of carboxylic acid groups (broad SMARTS) is 1. The first-order valence-corrected chi connectivity index (χ1v) is 5.90. The van der Waals surface area contributed by atoms with Gasteiger partial charge >= 0.3 is 5.97 Å². The van der Waals surface area contributed by atoms with Gasteiger partial charge in [-0.15, -0.1) is 0 Å². The molecule has 1 atom stereocenters. The normalized spacial score (nSPS) is 20.0. The second-order valence-corrected chi connectivity index (χ2v) is 4.62. The monoisotopic (exact) mass is 268 g/mol. The number of aliphatic carboxylic acids is 1. The molecule has 1 aliphatic heterocycles. The number of aryl methyl sites for hydroxylation is 1. The summed E-state index contributed by atoms with van der Waals surface area (Å²) in [5.41, 5.74) is 1.38. The van der Waals surface area contributed by atoms with Gasteiger partial charge < -0.3 is 10.4 Å². The number of carbonyl (C=O) groups is 2. The largest absolute Gasteiger partial charge is 0.480 e. The van der Waals surface area contributed by atoms with E-state index in [0.717, 1.165) is 5.56 Å². The van der Waals surface area contributed by atoms with Gasteiger partial charge in [0.2, 0.25) is 5.91 Å². The van der Waals surface area contributed by atoms with Gasteiger partial charge in [-0.2, -0.15) is 0 Å². The number of piperazine rings is 1. The van der Waals surface area contributed by atoms with E-state index in [9.17, 15) is 14.7 Å². The highest BCUT2D eigenvalue weighted by molar-refractivity contribution is 6.30. The van der Waals surface area contributed by atoms with Crippen LogP contribution in [0.1, 0.15) is 5.56 Å². The molecule has 18 heavy (non-hydrogen) atoms. The number of hydrogen-bond acceptors (Lipinski definition) is 3. The first-order valence-electron chi connectivity index (χ1n) is 5.52. The minimum atomic E-state index is -1.02. The van der Waals surface area contributed by atoms with E-state index >= 15 is 0 Å². The summed E-state index contributed by atoms with van der Waals surface area (Å²) in [6.45, 7) is 2.18. The van der Waals surface area contributed by atoms with Crippen LogP contribution in [0.3, 0.4) is 0 Å². The van der Waals surface area contributed by atoms with Crippen molar-refractivity contribution in [1.82, 2.24) is 5.32 Å². The van der Waals surface area contributed by atoms with Gasteiger partial charge in [0.05, 0.1) is 6.54 Å². The van der Waals surface area contributed by atoms with E-state index in [-0.39, 0.29) is 19.0 Å². The number of rotatable bonds is 2. The minimum Gasteiger partial charge on any atom is -0.480 e. The summed E-state index contributed by atoms with van der Waals surface area (Å²) in [5.74, 6) is -1.27. The van der Waals surface area contributed by atoms with E-state index in [1.54, 1.807) is 25.1 Å². The van der Waals surface area contributed by atoms with Crippen LogP contribution in [0.25, 0.3) is 0 Å². The van der Waals surface area contributed by atoms with E-state index in [1.165, 1.54) is 4.90 Å². The van der Waals surface area contributed by atoms with Gasteiger partial charge in [-0.3, -0.25) is 9.69 Å². The zero-order valence-electron chi connectivity index (χ0n) is 9.81. The summed E-state index contributed by atoms with van der Waals surface area (Å²) in [6.07, 6.45) is 0. The highest BCUT2D eigenvalue weighted by Crippen LogP contribution is 2.26. The number of nitrogens with zero attached hydrogens (tertiary/aromatic N) is 1. The van der Waals surface area contributed by atoms with E-state index in [0.29, 0.717) is 10.7 Å². The van der Waals surface area contributed by atoms with Gasteiger partial charge in [-0.05, 0) is 30.7 Å². The average Bonchev–Trinajstić information content (AvgIpc) is 2.29. The van der Waals surface area contributed by atoms with Gasteiger partial charge in [0.1, 0.15) is 6.04 Å². The zero-order valence-corrected chi connectivity index (χ0v) is 10.6. The fraction of sp³-hybridized carbons (Fsp3) is 0.333. The van der Waals surface area contributed by atoms with Gasteiger partial charge in [0.25, 0.3) is 0 Å². The van der Waals surface area contributed by atoms with E-state index in [4.69, 9.17) is 11.6 Å². The molecule has 0 aromatic heterocycles. The molecule has 0 radical (unpaired) electrons. The molecule has 0 aliphatic carbocycles. The van der Waals surface area contributed by atoms with Crippen molar-refractivity contribution < 1.29 is 14.7 Å². The number of halogens is 1. The fourth-order valence-electron chi connectivity index (χ4n) is 2.06. The van der Waals surface area contributed by atoms with Crippen LogP contribution >= 0.6 is 11.6 Å². The SMILES string of the molecule is Cc1cc(Cl)ccc1N1C(=O)CNCC1C(=O)O. The topological polar surface area (TPSA) is 69.6 Å². The first-order chi connectivity index (χ1) is 8.50. The van der Waals surface area contributed by atoms with Crippen molar-refractivity contribution >= 4 is 29.2 Å². The molecule has 1 heterocycles. The van der Waals surface area contributed by atoms with Crippen molar-refractivity contribution in [2.24, 2.45) is 0 Å². The third kappa shape index (κ3) is 2.32. The Bertz CT molecular complexity index is 504. The molecule has 1 fully saturated rings. The van der Waals surface area contributed by atoms with Crippen molar-refractivity contribution in [1.29, 1.82) is 0 Å². The lowest BCUT2D eigenvalue weighted by Gasteiger charge is -2.34. The number of carboxylic acids is 1. The number of hydrogen-bond donors (Lipinski definition) is 2. The Morgan fingerprint density at radius 1 is 1.56 bits per heavy atom. The number of benzene rings is 1. The van der Waals surface area contributed by atoms with Crippen LogP contribution in [0, 0.1) is 6.92 Å². The molecule has 0 bridgehead atoms. The molecule has 96 valence electrons. The standard InChI is InChI=1S/C12H13ClN2O3/c1-7-4-8(13)2-3-9(7)15-10(12(17)18)5-14-6-11(15)16/h2-4,10,14H,5-6H2,1H3,(H,17,18). The van der Waals surface area contributed by atoms with E-state index < -0.39 is 12.0 Å². The Kier molecular flexibility index (Phi) is 3.54. The van der Waals surface area contributed by atoms with Crippen molar-refractivity contribution in [3.05, 3.63) is 28.8 Å². The summed E-state index contributed by atoms with van der Waals surface area (Å²) in [4.78, 5) is 24.4. The lowest BCUT2D eigenvalue weighted by Crippen LogP contribution is -2.58. The Balaban J connectivity index is 2.43. The van der Waals surface area contributed by atoms with E-state index in [1.807, 2.05) is 0 Å². The Morgan fingerprint density at radius 3 is 2.89 bits per heavy atom. The van der Waals surface area contributed by atoms with Gasteiger partial charge in [-0.25, -0.2) is 4.79 Å². The summed E-state index contributed by atoms with van der Waals surface area (Å²) < 4.78 is 0. The van der Waals surface area contributed by atoms with Gasteiger partial charge in [0, 0.05) is 17.3 Å². The molecule has 1 unspecified atom stereocenters. The molecule has 1 aliphatic rings. The Morgan fingerprint density at radius 2 is 2.28 bits per heavy atom. The molecule has 1 amide bonds. The fourth-order valence-corrected chi connectivity index (χ4v) is 2.28. The highest BCUT2D eigenvalue weighted by Gasteiger charge is 2.34. The minimum absolute atomic E-state index is 0.145. The zero-order chi connectivity index (χ0) is 13.3. The summed E-state index contributed by atoms with van der Waals surface area (Å²) >= 11 is 5.86. The maximum atomic E-state index is 11.9. The molecular formula is C12H13ClN2O3. The van der Waals surface area contributed by atoms with Crippen LogP contribution in [-0.4, -0.2) is 36.1 Å².